The van der Waals surface area contributed by atoms with Gasteiger partial charge in [0.15, 0.2) is 23.7 Å². The van der Waals surface area contributed by atoms with Crippen LogP contribution in [0.1, 0.15) is 24.3 Å². The summed E-state index contributed by atoms with van der Waals surface area (Å²) in [5.74, 6) is -7.42. The van der Waals surface area contributed by atoms with E-state index in [-0.39, 0.29) is 23.6 Å². The van der Waals surface area contributed by atoms with Crippen molar-refractivity contribution in [3.05, 3.63) is 64.7 Å². The lowest BCUT2D eigenvalue weighted by Gasteiger charge is -2.28. The van der Waals surface area contributed by atoms with Crippen molar-refractivity contribution in [1.29, 1.82) is 0 Å². The molecule has 0 unspecified atom stereocenters. The van der Waals surface area contributed by atoms with Gasteiger partial charge in [0, 0.05) is 23.6 Å². The number of rotatable bonds is 4. The molecule has 1 heterocycles. The van der Waals surface area contributed by atoms with E-state index in [1.807, 2.05) is 6.92 Å². The van der Waals surface area contributed by atoms with Gasteiger partial charge in [0.1, 0.15) is 11.6 Å². The summed E-state index contributed by atoms with van der Waals surface area (Å²) in [4.78, 5) is 0. The lowest BCUT2D eigenvalue weighted by atomic mass is 10.1. The zero-order chi connectivity index (χ0) is 19.8. The Morgan fingerprint density at radius 2 is 1.52 bits per heavy atom. The van der Waals surface area contributed by atoms with Gasteiger partial charge < -0.3 is 14.2 Å². The molecule has 9 heteroatoms. The number of hydrogen-bond acceptors (Lipinski definition) is 3. The first-order chi connectivity index (χ1) is 12.7. The first kappa shape index (κ1) is 19.5. The zero-order valence-corrected chi connectivity index (χ0v) is 13.9. The van der Waals surface area contributed by atoms with Crippen LogP contribution in [-0.2, 0) is 15.6 Å². The van der Waals surface area contributed by atoms with Crippen LogP contribution in [0.25, 0.3) is 0 Å². The van der Waals surface area contributed by atoms with Crippen LogP contribution in [0.15, 0.2) is 30.3 Å². The molecule has 0 aromatic heterocycles. The minimum atomic E-state index is -4.26. The number of benzene rings is 2. The average Bonchev–Trinajstić information content (AvgIpc) is 2.59. The average molecular weight is 392 g/mol. The van der Waals surface area contributed by atoms with Crippen molar-refractivity contribution >= 4 is 0 Å². The second-order valence-electron chi connectivity index (χ2n) is 6.16. The summed E-state index contributed by atoms with van der Waals surface area (Å²) in [5, 5.41) is 0. The quantitative estimate of drug-likeness (QED) is 0.538. The molecule has 27 heavy (non-hydrogen) atoms. The molecule has 1 fully saturated rings. The van der Waals surface area contributed by atoms with Gasteiger partial charge in [-0.3, -0.25) is 0 Å². The fourth-order valence-electron chi connectivity index (χ4n) is 2.50. The number of alkyl halides is 2. The Kier molecular flexibility index (Phi) is 5.34. The van der Waals surface area contributed by atoms with Crippen LogP contribution in [0.3, 0.4) is 0 Å². The van der Waals surface area contributed by atoms with E-state index in [0.29, 0.717) is 13.2 Å². The van der Waals surface area contributed by atoms with E-state index >= 15 is 0 Å². The highest BCUT2D eigenvalue weighted by Gasteiger charge is 2.38. The van der Waals surface area contributed by atoms with E-state index in [1.165, 1.54) is 6.07 Å². The standard InChI is InChI=1S/C18H14F6O3/c1-9-7-25-17(26-8-9)10-2-3-12(13(19)4-10)18(23,24)27-11-5-14(20)16(22)15(21)6-11/h2-6,9,17H,7-8H2,1H3. The molecule has 0 bridgehead atoms. The topological polar surface area (TPSA) is 27.7 Å². The normalized spacial score (nSPS) is 20.6. The summed E-state index contributed by atoms with van der Waals surface area (Å²) in [5.41, 5.74) is -0.974. The van der Waals surface area contributed by atoms with Gasteiger partial charge in [0.2, 0.25) is 0 Å². The fraction of sp³-hybridized carbons (Fsp3) is 0.333. The Bertz CT molecular complexity index is 811. The van der Waals surface area contributed by atoms with Gasteiger partial charge in [0.25, 0.3) is 0 Å². The van der Waals surface area contributed by atoms with Crippen molar-refractivity contribution in [2.45, 2.75) is 19.3 Å². The van der Waals surface area contributed by atoms with Crippen LogP contribution in [0.4, 0.5) is 26.3 Å². The minimum absolute atomic E-state index is 0.152. The van der Waals surface area contributed by atoms with Gasteiger partial charge in [-0.15, -0.1) is 0 Å². The van der Waals surface area contributed by atoms with Gasteiger partial charge in [-0.05, 0) is 12.1 Å². The van der Waals surface area contributed by atoms with Crippen LogP contribution >= 0.6 is 0 Å². The zero-order valence-electron chi connectivity index (χ0n) is 13.9. The van der Waals surface area contributed by atoms with Gasteiger partial charge >= 0.3 is 6.11 Å². The maximum atomic E-state index is 14.2. The van der Waals surface area contributed by atoms with Crippen LogP contribution < -0.4 is 4.74 Å². The second kappa shape index (κ2) is 7.40. The Labute approximate surface area is 150 Å². The summed E-state index contributed by atoms with van der Waals surface area (Å²) in [7, 11) is 0. The van der Waals surface area contributed by atoms with Crippen molar-refractivity contribution < 1.29 is 40.6 Å². The Balaban J connectivity index is 1.82. The van der Waals surface area contributed by atoms with Gasteiger partial charge in [-0.25, -0.2) is 17.6 Å². The lowest BCUT2D eigenvalue weighted by molar-refractivity contribution is -0.202. The van der Waals surface area contributed by atoms with Crippen molar-refractivity contribution in [2.24, 2.45) is 5.92 Å². The molecule has 2 aromatic carbocycles. The predicted octanol–water partition coefficient (Wildman–Crippen LogP) is 5.05. The van der Waals surface area contributed by atoms with E-state index in [4.69, 9.17) is 9.47 Å². The third-order valence-corrected chi connectivity index (χ3v) is 3.85. The Hall–Kier alpha value is -2.26. The molecular formula is C18H14F6O3. The first-order valence-electron chi connectivity index (χ1n) is 7.92. The third-order valence-electron chi connectivity index (χ3n) is 3.85. The van der Waals surface area contributed by atoms with Crippen LogP contribution in [0.2, 0.25) is 0 Å². The fourth-order valence-corrected chi connectivity index (χ4v) is 2.50. The van der Waals surface area contributed by atoms with Crippen molar-refractivity contribution in [1.82, 2.24) is 0 Å². The second-order valence-corrected chi connectivity index (χ2v) is 6.16. The first-order valence-corrected chi connectivity index (χ1v) is 7.92. The van der Waals surface area contributed by atoms with E-state index < -0.39 is 47.0 Å². The summed E-state index contributed by atoms with van der Waals surface area (Å²) in [6.07, 6.45) is -5.15. The number of halogens is 6. The molecule has 0 atom stereocenters. The van der Waals surface area contributed by atoms with Crippen molar-refractivity contribution in [3.8, 4) is 5.75 Å². The summed E-state index contributed by atoms with van der Waals surface area (Å²) >= 11 is 0. The van der Waals surface area contributed by atoms with Crippen LogP contribution in [0.5, 0.6) is 5.75 Å². The predicted molar refractivity (Wildman–Crippen MR) is 81.0 cm³/mol. The summed E-state index contributed by atoms with van der Waals surface area (Å²) in [6, 6.07) is 3.21. The molecule has 2 aromatic rings. The highest BCUT2D eigenvalue weighted by molar-refractivity contribution is 5.30. The highest BCUT2D eigenvalue weighted by Crippen LogP contribution is 2.36. The molecule has 0 spiro atoms. The largest absolute Gasteiger partial charge is 0.429 e. The molecule has 3 rings (SSSR count). The van der Waals surface area contributed by atoms with Crippen LogP contribution in [0, 0.1) is 29.2 Å². The molecule has 0 saturated carbocycles. The number of ether oxygens (including phenoxy) is 3. The molecule has 0 N–H and O–H groups in total. The molecule has 1 aliphatic rings. The molecule has 0 aliphatic carbocycles. The highest BCUT2D eigenvalue weighted by atomic mass is 19.3. The van der Waals surface area contributed by atoms with Crippen molar-refractivity contribution in [3.63, 3.8) is 0 Å². The van der Waals surface area contributed by atoms with E-state index in [9.17, 15) is 26.3 Å². The maximum absolute atomic E-state index is 14.2. The Morgan fingerprint density at radius 1 is 0.926 bits per heavy atom. The van der Waals surface area contributed by atoms with E-state index in [0.717, 1.165) is 12.1 Å². The van der Waals surface area contributed by atoms with Gasteiger partial charge in [0.05, 0.1) is 18.8 Å². The maximum Gasteiger partial charge on any atom is 0.429 e. The number of hydrogen-bond donors (Lipinski definition) is 0. The van der Waals surface area contributed by atoms with Crippen LogP contribution in [-0.4, -0.2) is 13.2 Å². The SMILES string of the molecule is CC1COC(c2ccc(C(F)(F)Oc3cc(F)c(F)c(F)c3)c(F)c2)OC1. The van der Waals surface area contributed by atoms with Crippen molar-refractivity contribution in [2.75, 3.05) is 13.2 Å². The molecule has 0 radical (unpaired) electrons. The van der Waals surface area contributed by atoms with E-state index in [1.54, 1.807) is 0 Å². The third kappa shape index (κ3) is 4.19. The smallest absolute Gasteiger partial charge is 0.429 e. The summed E-state index contributed by atoms with van der Waals surface area (Å²) < 4.78 is 96.8. The molecule has 3 nitrogen and oxygen atoms in total. The molecule has 146 valence electrons. The van der Waals surface area contributed by atoms with Gasteiger partial charge in [-0.2, -0.15) is 8.78 Å². The Morgan fingerprint density at radius 3 is 2.07 bits per heavy atom. The monoisotopic (exact) mass is 392 g/mol. The summed E-state index contributed by atoms with van der Waals surface area (Å²) in [6.45, 7) is 2.63. The molecular weight excluding hydrogens is 378 g/mol. The van der Waals surface area contributed by atoms with Gasteiger partial charge in [-0.1, -0.05) is 13.0 Å². The lowest BCUT2D eigenvalue weighted by Crippen LogP contribution is -2.26. The molecule has 1 aliphatic heterocycles. The minimum Gasteiger partial charge on any atom is -0.429 e. The molecule has 0 amide bonds. The van der Waals surface area contributed by atoms with E-state index in [2.05, 4.69) is 4.74 Å². The molecule has 1 saturated heterocycles.